The van der Waals surface area contributed by atoms with E-state index < -0.39 is 0 Å². The Morgan fingerprint density at radius 2 is 1.67 bits per heavy atom. The minimum atomic E-state index is 0.808. The van der Waals surface area contributed by atoms with Crippen LogP contribution in [0.5, 0.6) is 0 Å². The summed E-state index contributed by atoms with van der Waals surface area (Å²) in [6.07, 6.45) is 7.23. The van der Waals surface area contributed by atoms with E-state index in [9.17, 15) is 0 Å². The van der Waals surface area contributed by atoms with E-state index in [0.29, 0.717) is 0 Å². The molecule has 0 spiro atoms. The maximum absolute atomic E-state index is 3.80. The normalized spacial score (nSPS) is 46.0. The molecule has 102 valence electrons. The van der Waals surface area contributed by atoms with Gasteiger partial charge in [-0.05, 0) is 70.1 Å². The third kappa shape index (κ3) is 2.21. The smallest absolute Gasteiger partial charge is 0.0253 e. The Hall–Kier alpha value is -0.120. The summed E-state index contributed by atoms with van der Waals surface area (Å²) in [4.78, 5) is 5.56. The lowest BCUT2D eigenvalue weighted by Crippen LogP contribution is -2.58. The molecule has 4 aliphatic heterocycles. The molecule has 0 amide bonds. The van der Waals surface area contributed by atoms with E-state index >= 15 is 0 Å². The Labute approximate surface area is 111 Å². The molecule has 4 saturated heterocycles. The lowest BCUT2D eigenvalue weighted by molar-refractivity contribution is 0.00397. The summed E-state index contributed by atoms with van der Waals surface area (Å²) < 4.78 is 0. The SMILES string of the molecule is C1CNC(C2CC2)CN(C2CN3CCC2CC3)C1. The van der Waals surface area contributed by atoms with Crippen molar-refractivity contribution in [2.45, 2.75) is 44.2 Å². The Balaban J connectivity index is 1.45. The lowest BCUT2D eigenvalue weighted by atomic mass is 9.83. The number of nitrogens with zero attached hydrogens (tertiary/aromatic N) is 2. The monoisotopic (exact) mass is 249 g/mol. The van der Waals surface area contributed by atoms with Gasteiger partial charge in [0.2, 0.25) is 0 Å². The quantitative estimate of drug-likeness (QED) is 0.792. The first kappa shape index (κ1) is 11.7. The van der Waals surface area contributed by atoms with Crippen LogP contribution in [-0.2, 0) is 0 Å². The van der Waals surface area contributed by atoms with Crippen molar-refractivity contribution in [1.82, 2.24) is 15.1 Å². The maximum Gasteiger partial charge on any atom is 0.0253 e. The average molecular weight is 249 g/mol. The van der Waals surface area contributed by atoms with E-state index in [4.69, 9.17) is 0 Å². The third-order valence-corrected chi connectivity index (χ3v) is 5.74. The summed E-state index contributed by atoms with van der Waals surface area (Å²) in [5.74, 6) is 2.01. The van der Waals surface area contributed by atoms with Crippen molar-refractivity contribution in [3.05, 3.63) is 0 Å². The topological polar surface area (TPSA) is 18.5 Å². The van der Waals surface area contributed by atoms with Gasteiger partial charge in [0.05, 0.1) is 0 Å². The highest BCUT2D eigenvalue weighted by Gasteiger charge is 2.40. The van der Waals surface area contributed by atoms with Gasteiger partial charge in [-0.2, -0.15) is 0 Å². The van der Waals surface area contributed by atoms with Crippen molar-refractivity contribution < 1.29 is 0 Å². The second-order valence-corrected chi connectivity index (χ2v) is 6.95. The van der Waals surface area contributed by atoms with Gasteiger partial charge in [0, 0.05) is 25.2 Å². The van der Waals surface area contributed by atoms with Gasteiger partial charge >= 0.3 is 0 Å². The molecule has 2 unspecified atom stereocenters. The lowest BCUT2D eigenvalue weighted by Gasteiger charge is -2.49. The van der Waals surface area contributed by atoms with E-state index in [1.54, 1.807) is 0 Å². The van der Waals surface area contributed by atoms with E-state index in [1.165, 1.54) is 71.4 Å². The molecule has 5 aliphatic rings. The van der Waals surface area contributed by atoms with Crippen LogP contribution in [0.15, 0.2) is 0 Å². The predicted molar refractivity (Wildman–Crippen MR) is 73.7 cm³/mol. The minimum absolute atomic E-state index is 0.808. The van der Waals surface area contributed by atoms with Crippen LogP contribution in [0.2, 0.25) is 0 Å². The molecule has 0 aromatic heterocycles. The third-order valence-electron chi connectivity index (χ3n) is 5.74. The summed E-state index contributed by atoms with van der Waals surface area (Å²) in [5, 5.41) is 3.80. The van der Waals surface area contributed by atoms with Crippen LogP contribution < -0.4 is 5.32 Å². The molecule has 5 fully saturated rings. The fourth-order valence-corrected chi connectivity index (χ4v) is 4.44. The average Bonchev–Trinajstić information content (AvgIpc) is 3.26. The van der Waals surface area contributed by atoms with Crippen molar-refractivity contribution in [2.75, 3.05) is 39.3 Å². The van der Waals surface area contributed by atoms with Crippen LogP contribution >= 0.6 is 0 Å². The highest BCUT2D eigenvalue weighted by Crippen LogP contribution is 2.36. The van der Waals surface area contributed by atoms with Gasteiger partial charge in [-0.1, -0.05) is 0 Å². The molecule has 0 aromatic carbocycles. The molecule has 4 heterocycles. The summed E-state index contributed by atoms with van der Waals surface area (Å²) in [6.45, 7) is 8.03. The molecule has 5 rings (SSSR count). The van der Waals surface area contributed by atoms with E-state index in [-0.39, 0.29) is 0 Å². The molecule has 1 saturated carbocycles. The van der Waals surface area contributed by atoms with Gasteiger partial charge in [-0.25, -0.2) is 0 Å². The molecule has 18 heavy (non-hydrogen) atoms. The molecule has 0 aromatic rings. The molecule has 0 radical (unpaired) electrons. The molecule has 1 N–H and O–H groups in total. The van der Waals surface area contributed by atoms with Crippen LogP contribution in [-0.4, -0.2) is 61.2 Å². The van der Waals surface area contributed by atoms with Crippen LogP contribution in [0, 0.1) is 11.8 Å². The second-order valence-electron chi connectivity index (χ2n) is 6.95. The van der Waals surface area contributed by atoms with Crippen LogP contribution in [0.25, 0.3) is 0 Å². The highest BCUT2D eigenvalue weighted by molar-refractivity contribution is 4.96. The first-order valence-corrected chi connectivity index (χ1v) is 8.10. The second kappa shape index (κ2) is 4.77. The van der Waals surface area contributed by atoms with Crippen LogP contribution in [0.1, 0.15) is 32.1 Å². The van der Waals surface area contributed by atoms with Gasteiger partial charge in [0.1, 0.15) is 0 Å². The van der Waals surface area contributed by atoms with Gasteiger partial charge in [0.15, 0.2) is 0 Å². The van der Waals surface area contributed by atoms with Crippen LogP contribution in [0.3, 0.4) is 0 Å². The van der Waals surface area contributed by atoms with E-state index in [0.717, 1.165) is 23.9 Å². The van der Waals surface area contributed by atoms with Gasteiger partial charge < -0.3 is 10.2 Å². The zero-order valence-electron chi connectivity index (χ0n) is 11.5. The fraction of sp³-hybridized carbons (Fsp3) is 1.00. The summed E-state index contributed by atoms with van der Waals surface area (Å²) >= 11 is 0. The first-order valence-electron chi connectivity index (χ1n) is 8.10. The van der Waals surface area contributed by atoms with E-state index in [2.05, 4.69) is 15.1 Å². The van der Waals surface area contributed by atoms with Crippen molar-refractivity contribution >= 4 is 0 Å². The fourth-order valence-electron chi connectivity index (χ4n) is 4.44. The van der Waals surface area contributed by atoms with Gasteiger partial charge in [0.25, 0.3) is 0 Å². The molecular weight excluding hydrogens is 222 g/mol. The Morgan fingerprint density at radius 3 is 2.33 bits per heavy atom. The van der Waals surface area contributed by atoms with E-state index in [1.807, 2.05) is 0 Å². The van der Waals surface area contributed by atoms with Crippen molar-refractivity contribution in [3.63, 3.8) is 0 Å². The van der Waals surface area contributed by atoms with Gasteiger partial charge in [-0.15, -0.1) is 0 Å². The Bertz CT molecular complexity index is 294. The number of fused-ring (bicyclic) bond motifs is 3. The summed E-state index contributed by atoms with van der Waals surface area (Å²) in [6, 6.07) is 1.69. The zero-order valence-corrected chi connectivity index (χ0v) is 11.5. The number of piperidine rings is 3. The maximum atomic E-state index is 3.80. The highest BCUT2D eigenvalue weighted by atomic mass is 15.3. The Morgan fingerprint density at radius 1 is 0.833 bits per heavy atom. The number of hydrogen-bond donors (Lipinski definition) is 1. The number of nitrogens with one attached hydrogen (secondary N) is 1. The standard InChI is InChI=1S/C15H27N3/c1-6-16-14(12-2-3-12)10-18(7-1)15-11-17-8-4-13(15)5-9-17/h12-16H,1-11H2. The molecule has 3 heteroatoms. The number of hydrogen-bond acceptors (Lipinski definition) is 3. The summed E-state index contributed by atoms with van der Waals surface area (Å²) in [5.41, 5.74) is 0. The Kier molecular flexibility index (Phi) is 3.10. The van der Waals surface area contributed by atoms with Crippen molar-refractivity contribution in [2.24, 2.45) is 11.8 Å². The molecule has 2 atom stereocenters. The zero-order chi connectivity index (χ0) is 11.9. The first-order chi connectivity index (χ1) is 8.90. The minimum Gasteiger partial charge on any atom is -0.312 e. The van der Waals surface area contributed by atoms with Crippen LogP contribution in [0.4, 0.5) is 0 Å². The molecule has 3 nitrogen and oxygen atoms in total. The molecule has 1 aliphatic carbocycles. The number of rotatable bonds is 2. The molecular formula is C15H27N3. The molecule has 2 bridgehead atoms. The largest absolute Gasteiger partial charge is 0.312 e. The van der Waals surface area contributed by atoms with Crippen molar-refractivity contribution in [1.29, 1.82) is 0 Å². The van der Waals surface area contributed by atoms with Crippen molar-refractivity contribution in [3.8, 4) is 0 Å². The summed E-state index contributed by atoms with van der Waals surface area (Å²) in [7, 11) is 0. The van der Waals surface area contributed by atoms with Gasteiger partial charge in [-0.3, -0.25) is 4.90 Å². The predicted octanol–water partition coefficient (Wildman–Crippen LogP) is 1.15.